The van der Waals surface area contributed by atoms with E-state index < -0.39 is 30.4 Å². The largest absolute Gasteiger partial charge is 0.459 e. The normalized spacial score (nSPS) is 11.6. The van der Waals surface area contributed by atoms with E-state index in [0.717, 1.165) is 11.1 Å². The van der Waals surface area contributed by atoms with Crippen LogP contribution >= 0.6 is 0 Å². The number of hydrogen-bond acceptors (Lipinski definition) is 5. The highest BCUT2D eigenvalue weighted by Gasteiger charge is 2.25. The van der Waals surface area contributed by atoms with Crippen molar-refractivity contribution in [3.8, 4) is 0 Å². The van der Waals surface area contributed by atoms with Gasteiger partial charge in [-0.3, -0.25) is 9.59 Å². The Morgan fingerprint density at radius 3 is 2.28 bits per heavy atom. The molecule has 0 radical (unpaired) electrons. The van der Waals surface area contributed by atoms with Gasteiger partial charge >= 0.3 is 5.97 Å². The van der Waals surface area contributed by atoms with Crippen molar-refractivity contribution in [2.45, 2.75) is 32.2 Å². The number of carbonyl (C=O) groups is 3. The Balaban J connectivity index is 1.59. The summed E-state index contributed by atoms with van der Waals surface area (Å²) >= 11 is 0. The van der Waals surface area contributed by atoms with Gasteiger partial charge in [0.25, 0.3) is 11.8 Å². The second kappa shape index (κ2) is 10.9. The number of carbonyl (C=O) groups excluding carboxylic acids is 3. The Morgan fingerprint density at radius 2 is 1.66 bits per heavy atom. The van der Waals surface area contributed by atoms with Crippen LogP contribution in [0.4, 0.5) is 5.69 Å². The van der Waals surface area contributed by atoms with Gasteiger partial charge in [0.2, 0.25) is 0 Å². The van der Waals surface area contributed by atoms with Crippen LogP contribution in [-0.4, -0.2) is 30.4 Å². The number of amides is 2. The maximum atomic E-state index is 12.7. The van der Waals surface area contributed by atoms with Crippen LogP contribution in [0.25, 0.3) is 0 Å². The molecule has 0 unspecified atom stereocenters. The van der Waals surface area contributed by atoms with E-state index in [1.807, 2.05) is 42.5 Å². The Morgan fingerprint density at radius 1 is 0.938 bits per heavy atom. The number of hydrogen-bond donors (Lipinski definition) is 2. The summed E-state index contributed by atoms with van der Waals surface area (Å²) in [6.07, 6.45) is 1.59. The number of rotatable bonds is 9. The Labute approximate surface area is 186 Å². The van der Waals surface area contributed by atoms with E-state index in [0.29, 0.717) is 11.6 Å². The van der Waals surface area contributed by atoms with Crippen molar-refractivity contribution in [1.29, 1.82) is 0 Å². The van der Waals surface area contributed by atoms with Crippen molar-refractivity contribution < 1.29 is 23.5 Å². The number of benzene rings is 2. The third kappa shape index (κ3) is 6.57. The van der Waals surface area contributed by atoms with Crippen LogP contribution in [-0.2, 0) is 20.7 Å². The lowest BCUT2D eigenvalue weighted by molar-refractivity contribution is -0.149. The molecule has 1 heterocycles. The lowest BCUT2D eigenvalue weighted by Crippen LogP contribution is -2.44. The number of nitrogens with one attached hydrogen (secondary N) is 2. The fraction of sp³-hybridized carbons (Fsp3) is 0.240. The summed E-state index contributed by atoms with van der Waals surface area (Å²) in [5, 5.41) is 5.32. The van der Waals surface area contributed by atoms with E-state index in [2.05, 4.69) is 24.5 Å². The van der Waals surface area contributed by atoms with Crippen molar-refractivity contribution in [2.24, 2.45) is 0 Å². The maximum absolute atomic E-state index is 12.7. The van der Waals surface area contributed by atoms with Crippen LogP contribution in [0.15, 0.2) is 77.4 Å². The van der Waals surface area contributed by atoms with Gasteiger partial charge in [-0.05, 0) is 41.3 Å². The number of esters is 1. The average molecular weight is 434 g/mol. The molecular weight excluding hydrogens is 408 g/mol. The molecule has 0 fully saturated rings. The van der Waals surface area contributed by atoms with E-state index in [1.54, 1.807) is 18.2 Å². The summed E-state index contributed by atoms with van der Waals surface area (Å²) in [5.41, 5.74) is 2.61. The van der Waals surface area contributed by atoms with Crippen molar-refractivity contribution in [1.82, 2.24) is 5.32 Å². The molecule has 0 aliphatic carbocycles. The minimum absolute atomic E-state index is 0.0819. The first kappa shape index (κ1) is 22.8. The molecule has 166 valence electrons. The highest BCUT2D eigenvalue weighted by atomic mass is 16.5. The van der Waals surface area contributed by atoms with E-state index in [1.165, 1.54) is 12.3 Å². The summed E-state index contributed by atoms with van der Waals surface area (Å²) in [5.74, 6) is -1.25. The van der Waals surface area contributed by atoms with E-state index >= 15 is 0 Å². The number of furan rings is 1. The predicted octanol–water partition coefficient (Wildman–Crippen LogP) is 3.93. The molecule has 2 N–H and O–H groups in total. The highest BCUT2D eigenvalue weighted by molar-refractivity contribution is 5.96. The topological polar surface area (TPSA) is 97.6 Å². The molecule has 0 saturated heterocycles. The minimum atomic E-state index is -0.979. The van der Waals surface area contributed by atoms with Gasteiger partial charge < -0.3 is 19.8 Å². The monoisotopic (exact) mass is 434 g/mol. The van der Waals surface area contributed by atoms with E-state index in [9.17, 15) is 14.4 Å². The zero-order valence-electron chi connectivity index (χ0n) is 18.0. The Bertz CT molecular complexity index is 1030. The lowest BCUT2D eigenvalue weighted by Gasteiger charge is -2.17. The van der Waals surface area contributed by atoms with Crippen LogP contribution < -0.4 is 10.6 Å². The van der Waals surface area contributed by atoms with Gasteiger partial charge in [-0.15, -0.1) is 0 Å². The third-order valence-corrected chi connectivity index (χ3v) is 4.82. The molecule has 1 aromatic heterocycles. The van der Waals surface area contributed by atoms with E-state index in [4.69, 9.17) is 9.15 Å². The maximum Gasteiger partial charge on any atom is 0.329 e. The van der Waals surface area contributed by atoms with Crippen LogP contribution in [0.1, 0.15) is 41.4 Å². The van der Waals surface area contributed by atoms with Crippen molar-refractivity contribution in [2.75, 3.05) is 11.9 Å². The smallest absolute Gasteiger partial charge is 0.329 e. The SMILES string of the molecule is CC(C)c1ccc(NC(=O)COC(=O)[C@H](Cc2ccccc2)NC(=O)c2ccco2)cc1. The molecule has 32 heavy (non-hydrogen) atoms. The molecule has 0 aliphatic rings. The Kier molecular flexibility index (Phi) is 7.80. The second-order valence-electron chi connectivity index (χ2n) is 7.63. The first-order valence-corrected chi connectivity index (χ1v) is 10.4. The fourth-order valence-electron chi connectivity index (χ4n) is 3.07. The zero-order valence-corrected chi connectivity index (χ0v) is 18.0. The molecule has 0 bridgehead atoms. The van der Waals surface area contributed by atoms with Crippen LogP contribution in [0.5, 0.6) is 0 Å². The average Bonchev–Trinajstić information content (AvgIpc) is 3.33. The van der Waals surface area contributed by atoms with Gasteiger partial charge in [-0.25, -0.2) is 4.79 Å². The van der Waals surface area contributed by atoms with Crippen molar-refractivity contribution in [3.63, 3.8) is 0 Å². The van der Waals surface area contributed by atoms with Gasteiger partial charge in [0.05, 0.1) is 6.26 Å². The number of anilines is 1. The Hall–Kier alpha value is -3.87. The molecule has 7 nitrogen and oxygen atoms in total. The van der Waals surface area contributed by atoms with Gasteiger partial charge in [0.15, 0.2) is 12.4 Å². The van der Waals surface area contributed by atoms with Crippen LogP contribution in [0.2, 0.25) is 0 Å². The van der Waals surface area contributed by atoms with Gasteiger partial charge in [0, 0.05) is 12.1 Å². The summed E-state index contributed by atoms with van der Waals surface area (Å²) in [7, 11) is 0. The first-order valence-electron chi connectivity index (χ1n) is 10.4. The van der Waals surface area contributed by atoms with Gasteiger partial charge in [-0.1, -0.05) is 56.3 Å². The molecule has 0 saturated carbocycles. The standard InChI is InChI=1S/C25H26N2O5/c1-17(2)19-10-12-20(13-11-19)26-23(28)16-32-25(30)21(15-18-7-4-3-5-8-18)27-24(29)22-9-6-14-31-22/h3-14,17,21H,15-16H2,1-2H3,(H,26,28)(H,27,29)/t21-/m0/s1. The molecule has 2 amide bonds. The fourth-order valence-corrected chi connectivity index (χ4v) is 3.07. The molecule has 0 aliphatic heterocycles. The van der Waals surface area contributed by atoms with Crippen molar-refractivity contribution >= 4 is 23.5 Å². The minimum Gasteiger partial charge on any atom is -0.459 e. The van der Waals surface area contributed by atoms with Crippen LogP contribution in [0.3, 0.4) is 0 Å². The highest BCUT2D eigenvalue weighted by Crippen LogP contribution is 2.17. The molecule has 7 heteroatoms. The quantitative estimate of drug-likeness (QED) is 0.498. The summed E-state index contributed by atoms with van der Waals surface area (Å²) in [6, 6.07) is 18.8. The number of ether oxygens (including phenoxy) is 1. The van der Waals surface area contributed by atoms with Gasteiger partial charge in [0.1, 0.15) is 6.04 Å². The lowest BCUT2D eigenvalue weighted by atomic mass is 10.0. The predicted molar refractivity (Wildman–Crippen MR) is 120 cm³/mol. The molecule has 0 spiro atoms. The molecule has 2 aromatic carbocycles. The van der Waals surface area contributed by atoms with E-state index in [-0.39, 0.29) is 12.2 Å². The molecule has 1 atom stereocenters. The summed E-state index contributed by atoms with van der Waals surface area (Å²) in [4.78, 5) is 37.3. The molecular formula is C25H26N2O5. The third-order valence-electron chi connectivity index (χ3n) is 4.82. The summed E-state index contributed by atoms with van der Waals surface area (Å²) in [6.45, 7) is 3.71. The van der Waals surface area contributed by atoms with Gasteiger partial charge in [-0.2, -0.15) is 0 Å². The zero-order chi connectivity index (χ0) is 22.9. The molecule has 3 rings (SSSR count). The second-order valence-corrected chi connectivity index (χ2v) is 7.63. The van der Waals surface area contributed by atoms with Crippen molar-refractivity contribution in [3.05, 3.63) is 89.9 Å². The van der Waals surface area contributed by atoms with Crippen LogP contribution in [0, 0.1) is 0 Å². The molecule has 3 aromatic rings. The summed E-state index contributed by atoms with van der Waals surface area (Å²) < 4.78 is 10.3. The first-order chi connectivity index (χ1) is 15.4.